The molecule has 4 nitrogen and oxygen atoms in total. The lowest BCUT2D eigenvalue weighted by Crippen LogP contribution is -2.14. The Hall–Kier alpha value is -1.44. The molecule has 0 amide bonds. The zero-order chi connectivity index (χ0) is 12.3. The number of aromatic nitrogens is 1. The van der Waals surface area contributed by atoms with Crippen molar-refractivity contribution in [1.82, 2.24) is 10.3 Å². The molecule has 4 heteroatoms. The molecule has 1 aromatic heterocycles. The van der Waals surface area contributed by atoms with Crippen molar-refractivity contribution < 1.29 is 5.11 Å². The summed E-state index contributed by atoms with van der Waals surface area (Å²) in [5, 5.41) is 20.7. The Labute approximate surface area is 102 Å². The first-order valence-corrected chi connectivity index (χ1v) is 6.03. The molecule has 0 aliphatic rings. The van der Waals surface area contributed by atoms with E-state index in [-0.39, 0.29) is 0 Å². The summed E-state index contributed by atoms with van der Waals surface area (Å²) in [6, 6.07) is 5.75. The molecule has 0 aromatic carbocycles. The van der Waals surface area contributed by atoms with Gasteiger partial charge in [0.2, 0.25) is 0 Å². The fourth-order valence-corrected chi connectivity index (χ4v) is 1.59. The topological polar surface area (TPSA) is 68.9 Å². The number of nitrogens with one attached hydrogen (secondary N) is 1. The van der Waals surface area contributed by atoms with Gasteiger partial charge in [0, 0.05) is 19.3 Å². The molecule has 0 radical (unpaired) electrons. The highest BCUT2D eigenvalue weighted by molar-refractivity contribution is 5.25. The Bertz CT molecular complexity index is 360. The van der Waals surface area contributed by atoms with E-state index in [1.54, 1.807) is 12.3 Å². The smallest absolute Gasteiger partial charge is 0.140 e. The normalized spacial score (nSPS) is 10.1. The molecule has 0 fully saturated rings. The molecule has 92 valence electrons. The fraction of sp³-hybridized carbons (Fsp3) is 0.538. The molecule has 17 heavy (non-hydrogen) atoms. The first kappa shape index (κ1) is 13.6. The van der Waals surface area contributed by atoms with Crippen molar-refractivity contribution in [2.75, 3.05) is 13.2 Å². The molecule has 0 aliphatic carbocycles. The molecule has 0 spiro atoms. The molecule has 0 saturated carbocycles. The van der Waals surface area contributed by atoms with Crippen molar-refractivity contribution >= 4 is 0 Å². The number of aliphatic hydroxyl groups excluding tert-OH is 1. The fourth-order valence-electron chi connectivity index (χ4n) is 1.59. The molecule has 2 N–H and O–H groups in total. The van der Waals surface area contributed by atoms with Crippen LogP contribution in [0.2, 0.25) is 0 Å². The van der Waals surface area contributed by atoms with E-state index in [4.69, 9.17) is 10.4 Å². The van der Waals surface area contributed by atoms with Gasteiger partial charge in [-0.25, -0.2) is 4.98 Å². The summed E-state index contributed by atoms with van der Waals surface area (Å²) < 4.78 is 0. The molecule has 0 unspecified atom stereocenters. The minimum atomic E-state index is 0.293. The quantitative estimate of drug-likeness (QED) is 0.669. The number of aliphatic hydroxyl groups is 1. The molecular formula is C13H19N3O. The highest BCUT2D eigenvalue weighted by atomic mass is 16.2. The number of hydrogen-bond donors (Lipinski definition) is 2. The second-order valence-corrected chi connectivity index (χ2v) is 3.98. The third-order valence-electron chi connectivity index (χ3n) is 2.53. The van der Waals surface area contributed by atoms with Gasteiger partial charge in [-0.2, -0.15) is 5.26 Å². The minimum Gasteiger partial charge on any atom is -0.396 e. The summed E-state index contributed by atoms with van der Waals surface area (Å²) in [5.74, 6) is 0. The molecule has 0 aliphatic heterocycles. The average Bonchev–Trinajstić information content (AvgIpc) is 2.38. The van der Waals surface area contributed by atoms with Gasteiger partial charge in [0.15, 0.2) is 0 Å². The monoisotopic (exact) mass is 233 g/mol. The van der Waals surface area contributed by atoms with Crippen molar-refractivity contribution in [3.63, 3.8) is 0 Å². The number of nitrogens with zero attached hydrogens (tertiary/aromatic N) is 2. The van der Waals surface area contributed by atoms with Crippen LogP contribution in [0.5, 0.6) is 0 Å². The summed E-state index contributed by atoms with van der Waals surface area (Å²) >= 11 is 0. The predicted molar refractivity (Wildman–Crippen MR) is 66.2 cm³/mol. The van der Waals surface area contributed by atoms with Gasteiger partial charge in [-0.15, -0.1) is 0 Å². The third kappa shape index (κ3) is 6.00. The minimum absolute atomic E-state index is 0.293. The van der Waals surface area contributed by atoms with Gasteiger partial charge in [0.1, 0.15) is 11.8 Å². The second-order valence-electron chi connectivity index (χ2n) is 3.98. The number of unbranched alkanes of at least 4 members (excludes halogenated alkanes) is 3. The van der Waals surface area contributed by atoms with E-state index in [2.05, 4.69) is 10.3 Å². The van der Waals surface area contributed by atoms with E-state index in [1.807, 2.05) is 12.1 Å². The van der Waals surface area contributed by atoms with Crippen LogP contribution in [0.1, 0.15) is 36.9 Å². The van der Waals surface area contributed by atoms with E-state index in [1.165, 1.54) is 0 Å². The first-order chi connectivity index (χ1) is 8.36. The number of hydrogen-bond acceptors (Lipinski definition) is 4. The lowest BCUT2D eigenvalue weighted by atomic mass is 10.2. The van der Waals surface area contributed by atoms with Crippen molar-refractivity contribution in [1.29, 1.82) is 5.26 Å². The summed E-state index contributed by atoms with van der Waals surface area (Å²) in [6.45, 7) is 2.04. The molecular weight excluding hydrogens is 214 g/mol. The number of rotatable bonds is 8. The zero-order valence-electron chi connectivity index (χ0n) is 10.0. The Kier molecular flexibility index (Phi) is 6.96. The maximum Gasteiger partial charge on any atom is 0.140 e. The van der Waals surface area contributed by atoms with Crippen LogP contribution in [-0.4, -0.2) is 23.2 Å². The van der Waals surface area contributed by atoms with Gasteiger partial charge in [0.05, 0.1) is 0 Å². The lowest BCUT2D eigenvalue weighted by molar-refractivity contribution is 0.282. The predicted octanol–water partition coefficient (Wildman–Crippen LogP) is 1.60. The van der Waals surface area contributed by atoms with E-state index >= 15 is 0 Å². The van der Waals surface area contributed by atoms with Crippen LogP contribution >= 0.6 is 0 Å². The van der Waals surface area contributed by atoms with Gasteiger partial charge in [-0.05, 0) is 37.1 Å². The zero-order valence-corrected chi connectivity index (χ0v) is 10.0. The van der Waals surface area contributed by atoms with Crippen LogP contribution in [0.3, 0.4) is 0 Å². The maximum atomic E-state index is 8.70. The molecule has 1 heterocycles. The van der Waals surface area contributed by atoms with Crippen LogP contribution in [-0.2, 0) is 6.54 Å². The van der Waals surface area contributed by atoms with Gasteiger partial charge >= 0.3 is 0 Å². The summed E-state index contributed by atoms with van der Waals surface area (Å²) in [7, 11) is 0. The molecule has 0 saturated heterocycles. The van der Waals surface area contributed by atoms with Gasteiger partial charge < -0.3 is 10.4 Å². The van der Waals surface area contributed by atoms with Crippen molar-refractivity contribution in [2.45, 2.75) is 32.2 Å². The lowest BCUT2D eigenvalue weighted by Gasteiger charge is -2.04. The Morgan fingerprint density at radius 2 is 2.12 bits per heavy atom. The Balaban J connectivity index is 2.12. The number of nitriles is 1. The molecule has 1 rings (SSSR count). The molecule has 0 bridgehead atoms. The maximum absolute atomic E-state index is 8.70. The van der Waals surface area contributed by atoms with E-state index in [0.29, 0.717) is 12.3 Å². The Morgan fingerprint density at radius 1 is 1.29 bits per heavy atom. The van der Waals surface area contributed by atoms with E-state index in [0.717, 1.165) is 44.3 Å². The highest BCUT2D eigenvalue weighted by Gasteiger charge is 1.96. The van der Waals surface area contributed by atoms with Crippen molar-refractivity contribution in [3.8, 4) is 6.07 Å². The van der Waals surface area contributed by atoms with Crippen LogP contribution in [0.25, 0.3) is 0 Å². The largest absolute Gasteiger partial charge is 0.396 e. The Morgan fingerprint density at radius 3 is 2.88 bits per heavy atom. The van der Waals surface area contributed by atoms with E-state index in [9.17, 15) is 0 Å². The summed E-state index contributed by atoms with van der Waals surface area (Å²) in [6.07, 6.45) is 5.92. The van der Waals surface area contributed by atoms with Gasteiger partial charge in [0.25, 0.3) is 0 Å². The average molecular weight is 233 g/mol. The van der Waals surface area contributed by atoms with Crippen molar-refractivity contribution in [3.05, 3.63) is 29.6 Å². The first-order valence-electron chi connectivity index (χ1n) is 6.03. The highest BCUT2D eigenvalue weighted by Crippen LogP contribution is 2.01. The van der Waals surface area contributed by atoms with Crippen LogP contribution < -0.4 is 5.32 Å². The summed E-state index contributed by atoms with van der Waals surface area (Å²) in [4.78, 5) is 3.92. The molecule has 1 aromatic rings. The van der Waals surface area contributed by atoms with Crippen molar-refractivity contribution in [2.24, 2.45) is 0 Å². The SMILES string of the molecule is N#Cc1cc(CNCCCCCCO)ccn1. The van der Waals surface area contributed by atoms with Gasteiger partial charge in [-0.3, -0.25) is 0 Å². The van der Waals surface area contributed by atoms with Crippen LogP contribution in [0, 0.1) is 11.3 Å². The van der Waals surface area contributed by atoms with Crippen LogP contribution in [0.4, 0.5) is 0 Å². The standard InChI is InChI=1S/C13H19N3O/c14-10-13-9-12(5-7-16-13)11-15-6-3-1-2-4-8-17/h5,7,9,15,17H,1-4,6,8,11H2. The second kappa shape index (κ2) is 8.68. The molecule has 0 atom stereocenters. The summed E-state index contributed by atoms with van der Waals surface area (Å²) in [5.41, 5.74) is 1.55. The van der Waals surface area contributed by atoms with Gasteiger partial charge in [-0.1, -0.05) is 12.8 Å². The van der Waals surface area contributed by atoms with E-state index < -0.39 is 0 Å². The third-order valence-corrected chi connectivity index (χ3v) is 2.53. The van der Waals surface area contributed by atoms with Crippen LogP contribution in [0.15, 0.2) is 18.3 Å². The number of pyridine rings is 1.